The Morgan fingerprint density at radius 3 is 1.45 bits per heavy atom. The van der Waals surface area contributed by atoms with E-state index in [1.165, 1.54) is 55.5 Å². The molecule has 2 fully saturated rings. The number of hydrogen-bond donors (Lipinski definition) is 0. The predicted octanol–water partition coefficient (Wildman–Crippen LogP) is 10.7. The first kappa shape index (κ1) is 38.1. The zero-order chi connectivity index (χ0) is 38.8. The minimum atomic E-state index is -5.81. The summed E-state index contributed by atoms with van der Waals surface area (Å²) in [5.41, 5.74) is -5.16. The van der Waals surface area contributed by atoms with Crippen LogP contribution in [0.5, 0.6) is 17.2 Å². The van der Waals surface area contributed by atoms with Crippen LogP contribution < -0.4 is 14.2 Å². The van der Waals surface area contributed by atoms with E-state index in [1.807, 2.05) is 0 Å². The maximum atomic E-state index is 14.8. The van der Waals surface area contributed by atoms with Crippen LogP contribution in [-0.2, 0) is 10.2 Å². The fourth-order valence-corrected chi connectivity index (χ4v) is 6.47. The molecule has 0 aliphatic heterocycles. The van der Waals surface area contributed by atoms with Crippen LogP contribution in [0, 0.1) is 6.92 Å². The summed E-state index contributed by atoms with van der Waals surface area (Å²) in [5.74, 6) is -15.5. The zero-order valence-corrected chi connectivity index (χ0v) is 27.5. The number of methoxy groups -OCH3 is 1. The standard InChI is InChI=1S/C37H28F12O4/c1-21-3-9-24(10-4-21)34(36(44,45)46,37(47,48)49)25-11-17-26(18-12-25)51-29-19-31(38,39)30(29)52-27-13-5-22(6-14-27)23-7-15-28(16-8-23)53-33(42)20-32(40,41)35(33,43)50-2/h3-18,29-30H,19-20H2,1-2H3. The van der Waals surface area contributed by atoms with Crippen molar-refractivity contribution in [1.29, 1.82) is 0 Å². The number of alkyl halides is 12. The highest BCUT2D eigenvalue weighted by atomic mass is 19.4. The second-order valence-corrected chi connectivity index (χ2v) is 12.9. The first-order chi connectivity index (χ1) is 24.6. The van der Waals surface area contributed by atoms with E-state index < -0.39 is 77.5 Å². The molecular formula is C37H28F12O4. The molecule has 2 saturated carbocycles. The third-order valence-corrected chi connectivity index (χ3v) is 9.40. The van der Waals surface area contributed by atoms with Crippen LogP contribution in [0.1, 0.15) is 29.5 Å². The highest BCUT2D eigenvalue weighted by molar-refractivity contribution is 5.65. The summed E-state index contributed by atoms with van der Waals surface area (Å²) in [6.45, 7) is 1.51. The molecule has 4 aromatic rings. The molecule has 284 valence electrons. The lowest BCUT2D eigenvalue weighted by molar-refractivity contribution is -0.444. The number of halogens is 12. The lowest BCUT2D eigenvalue weighted by Gasteiger charge is -2.50. The number of benzene rings is 4. The van der Waals surface area contributed by atoms with Gasteiger partial charge in [-0.25, -0.2) is 8.78 Å². The third kappa shape index (κ3) is 6.31. The Kier molecular flexibility index (Phi) is 9.19. The molecule has 0 radical (unpaired) electrons. The quantitative estimate of drug-likeness (QED) is 0.151. The maximum Gasteiger partial charge on any atom is 0.411 e. The monoisotopic (exact) mass is 764 g/mol. The average molecular weight is 765 g/mol. The molecular weight excluding hydrogens is 736 g/mol. The Balaban J connectivity index is 1.14. The first-order valence-electron chi connectivity index (χ1n) is 15.8. The van der Waals surface area contributed by atoms with Gasteiger partial charge in [0.05, 0.1) is 12.8 Å². The van der Waals surface area contributed by atoms with Crippen LogP contribution in [0.15, 0.2) is 97.1 Å². The summed E-state index contributed by atoms with van der Waals surface area (Å²) in [6, 6.07) is 17.5. The molecule has 4 atom stereocenters. The molecule has 4 aromatic carbocycles. The fourth-order valence-electron chi connectivity index (χ4n) is 6.47. The number of hydrogen-bond acceptors (Lipinski definition) is 4. The Morgan fingerprint density at radius 2 is 1.02 bits per heavy atom. The highest BCUT2D eigenvalue weighted by Crippen LogP contribution is 2.60. The number of rotatable bonds is 10. The molecule has 4 unspecified atom stereocenters. The molecule has 2 aliphatic rings. The van der Waals surface area contributed by atoms with Gasteiger partial charge < -0.3 is 18.9 Å². The van der Waals surface area contributed by atoms with Crippen molar-refractivity contribution in [3.8, 4) is 28.4 Å². The van der Waals surface area contributed by atoms with Crippen molar-refractivity contribution in [2.75, 3.05) is 7.11 Å². The Morgan fingerprint density at radius 1 is 0.585 bits per heavy atom. The number of aryl methyl sites for hydroxylation is 1. The summed E-state index contributed by atoms with van der Waals surface area (Å²) in [6.07, 6.45) is -17.2. The Bertz CT molecular complexity index is 1900. The van der Waals surface area contributed by atoms with Crippen LogP contribution in [0.25, 0.3) is 11.1 Å². The second-order valence-electron chi connectivity index (χ2n) is 12.9. The van der Waals surface area contributed by atoms with Gasteiger partial charge in [-0.3, -0.25) is 0 Å². The van der Waals surface area contributed by atoms with Crippen molar-refractivity contribution in [2.45, 2.75) is 73.3 Å². The fraction of sp³-hybridized carbons (Fsp3) is 0.351. The summed E-state index contributed by atoms with van der Waals surface area (Å²) >= 11 is 0. The molecule has 0 aromatic heterocycles. The van der Waals surface area contributed by atoms with Gasteiger partial charge in [-0.2, -0.15) is 43.9 Å². The van der Waals surface area contributed by atoms with Crippen LogP contribution in [0.4, 0.5) is 52.7 Å². The van der Waals surface area contributed by atoms with Crippen molar-refractivity contribution in [2.24, 2.45) is 0 Å². The molecule has 0 bridgehead atoms. The maximum absolute atomic E-state index is 14.8. The van der Waals surface area contributed by atoms with Gasteiger partial charge in [0.1, 0.15) is 23.4 Å². The van der Waals surface area contributed by atoms with Crippen molar-refractivity contribution in [3.63, 3.8) is 0 Å². The van der Waals surface area contributed by atoms with Gasteiger partial charge >= 0.3 is 30.0 Å². The smallest absolute Gasteiger partial charge is 0.411 e. The minimum absolute atomic E-state index is 0.0376. The van der Waals surface area contributed by atoms with Gasteiger partial charge in [0.25, 0.3) is 5.92 Å². The molecule has 6 rings (SSSR count). The third-order valence-electron chi connectivity index (χ3n) is 9.40. The summed E-state index contributed by atoms with van der Waals surface area (Å²) < 4.78 is 192. The molecule has 2 aliphatic carbocycles. The topological polar surface area (TPSA) is 36.9 Å². The normalized spacial score (nSPS) is 25.2. The van der Waals surface area contributed by atoms with Gasteiger partial charge in [-0.15, -0.1) is 0 Å². The lowest BCUT2D eigenvalue weighted by Crippen LogP contribution is -2.75. The predicted molar refractivity (Wildman–Crippen MR) is 166 cm³/mol. The van der Waals surface area contributed by atoms with E-state index in [9.17, 15) is 52.7 Å². The summed E-state index contributed by atoms with van der Waals surface area (Å²) in [4.78, 5) is 0. The lowest BCUT2D eigenvalue weighted by atomic mass is 9.72. The Hall–Kier alpha value is -4.60. The molecule has 0 saturated heterocycles. The van der Waals surface area contributed by atoms with Gasteiger partial charge in [0.15, 0.2) is 6.10 Å². The van der Waals surface area contributed by atoms with E-state index in [0.717, 1.165) is 36.4 Å². The van der Waals surface area contributed by atoms with Crippen molar-refractivity contribution in [1.82, 2.24) is 0 Å². The van der Waals surface area contributed by atoms with E-state index in [2.05, 4.69) is 4.74 Å². The van der Waals surface area contributed by atoms with E-state index >= 15 is 0 Å². The molecule has 0 N–H and O–H groups in total. The first-order valence-corrected chi connectivity index (χ1v) is 15.8. The molecule has 53 heavy (non-hydrogen) atoms. The largest absolute Gasteiger partial charge is 0.486 e. The van der Waals surface area contributed by atoms with Crippen molar-refractivity contribution < 1.29 is 71.6 Å². The molecule has 4 nitrogen and oxygen atoms in total. The van der Waals surface area contributed by atoms with Crippen LogP contribution in [0.2, 0.25) is 0 Å². The van der Waals surface area contributed by atoms with Crippen LogP contribution in [-0.4, -0.2) is 55.2 Å². The summed E-state index contributed by atoms with van der Waals surface area (Å²) in [5, 5.41) is 0. The number of ether oxygens (including phenoxy) is 4. The van der Waals surface area contributed by atoms with Gasteiger partial charge in [0, 0.05) is 7.11 Å². The van der Waals surface area contributed by atoms with Gasteiger partial charge in [-0.1, -0.05) is 66.2 Å². The highest BCUT2D eigenvalue weighted by Gasteiger charge is 2.84. The van der Waals surface area contributed by atoms with Gasteiger partial charge in [-0.05, 0) is 65.6 Å². The Labute approximate surface area is 294 Å². The van der Waals surface area contributed by atoms with E-state index in [1.54, 1.807) is 0 Å². The van der Waals surface area contributed by atoms with Crippen LogP contribution in [0.3, 0.4) is 0 Å². The van der Waals surface area contributed by atoms with E-state index in [0.29, 0.717) is 35.9 Å². The summed E-state index contributed by atoms with van der Waals surface area (Å²) in [7, 11) is 0.586. The zero-order valence-electron chi connectivity index (χ0n) is 27.5. The average Bonchev–Trinajstić information content (AvgIpc) is 3.07. The SMILES string of the molecule is COC1(F)C(F)(F)CC1(F)Oc1ccc(-c2ccc(OC3C(Oc4ccc(C(c5ccc(C)cc5)(C(F)(F)F)C(F)(F)F)cc4)CC3(F)F)cc2)cc1. The molecule has 0 spiro atoms. The van der Waals surface area contributed by atoms with E-state index in [4.69, 9.17) is 14.2 Å². The molecule has 16 heteroatoms. The molecule has 0 amide bonds. The van der Waals surface area contributed by atoms with Crippen molar-refractivity contribution >= 4 is 0 Å². The van der Waals surface area contributed by atoms with E-state index in [-0.39, 0.29) is 17.2 Å². The minimum Gasteiger partial charge on any atom is -0.486 e. The van der Waals surface area contributed by atoms with Crippen LogP contribution >= 0.6 is 0 Å². The van der Waals surface area contributed by atoms with Gasteiger partial charge in [0.2, 0.25) is 5.41 Å². The second kappa shape index (κ2) is 12.8. The molecule has 0 heterocycles. The van der Waals surface area contributed by atoms with Crippen molar-refractivity contribution in [3.05, 3.63) is 114 Å².